The van der Waals surface area contributed by atoms with Gasteiger partial charge >= 0.3 is 0 Å². The van der Waals surface area contributed by atoms with Crippen LogP contribution in [0.4, 0.5) is 0 Å². The van der Waals surface area contributed by atoms with Crippen LogP contribution in [0.2, 0.25) is 0 Å². The van der Waals surface area contributed by atoms with Gasteiger partial charge in [-0.2, -0.15) is 0 Å². The predicted molar refractivity (Wildman–Crippen MR) is 110 cm³/mol. The zero-order valence-electron chi connectivity index (χ0n) is 15.7. The molecule has 0 aliphatic carbocycles. The summed E-state index contributed by atoms with van der Waals surface area (Å²) in [7, 11) is 0. The highest BCUT2D eigenvalue weighted by Gasteiger charge is 2.17. The van der Waals surface area contributed by atoms with E-state index in [9.17, 15) is 5.11 Å². The lowest BCUT2D eigenvalue weighted by Gasteiger charge is -2.19. The van der Waals surface area contributed by atoms with Crippen LogP contribution in [0, 0.1) is 0 Å². The molecule has 0 amide bonds. The standard InChI is InChI=1S/C24H24O4/c1-2-15-26-22-13-14-23(27-17-19-9-5-3-6-10-19)24(21(22)16-25)28-18-20-11-7-4-8-12-20/h2-14,25H,1,15-18H2. The molecule has 0 atom stereocenters. The van der Waals surface area contributed by atoms with Gasteiger partial charge in [0, 0.05) is 0 Å². The number of aliphatic hydroxyl groups excluding tert-OH is 1. The molecule has 0 fully saturated rings. The molecule has 0 radical (unpaired) electrons. The quantitative estimate of drug-likeness (QED) is 0.511. The fraction of sp³-hybridized carbons (Fsp3) is 0.167. The van der Waals surface area contributed by atoms with E-state index in [1.54, 1.807) is 18.2 Å². The SMILES string of the molecule is C=CCOc1ccc(OCc2ccccc2)c(OCc2ccccc2)c1CO. The van der Waals surface area contributed by atoms with Crippen LogP contribution in [0.15, 0.2) is 85.5 Å². The molecule has 0 aromatic heterocycles. The molecule has 0 aliphatic heterocycles. The Morgan fingerprint density at radius 1 is 0.714 bits per heavy atom. The molecule has 3 aromatic carbocycles. The number of benzene rings is 3. The number of aliphatic hydroxyl groups is 1. The van der Waals surface area contributed by atoms with Gasteiger partial charge in [0.1, 0.15) is 25.6 Å². The molecule has 0 saturated heterocycles. The third-order valence-corrected chi connectivity index (χ3v) is 4.16. The van der Waals surface area contributed by atoms with Crippen molar-refractivity contribution in [1.82, 2.24) is 0 Å². The Kier molecular flexibility index (Phi) is 7.10. The predicted octanol–water partition coefficient (Wildman–Crippen LogP) is 4.90. The first kappa shape index (κ1) is 19.5. The summed E-state index contributed by atoms with van der Waals surface area (Å²) < 4.78 is 17.7. The summed E-state index contributed by atoms with van der Waals surface area (Å²) in [5, 5.41) is 9.96. The van der Waals surface area contributed by atoms with Crippen molar-refractivity contribution in [1.29, 1.82) is 0 Å². The van der Waals surface area contributed by atoms with Crippen LogP contribution in [0.25, 0.3) is 0 Å². The van der Waals surface area contributed by atoms with E-state index in [1.807, 2.05) is 60.7 Å². The van der Waals surface area contributed by atoms with Gasteiger partial charge in [-0.25, -0.2) is 0 Å². The number of ether oxygens (including phenoxy) is 3. The van der Waals surface area contributed by atoms with Crippen LogP contribution in [-0.4, -0.2) is 11.7 Å². The zero-order valence-corrected chi connectivity index (χ0v) is 15.7. The van der Waals surface area contributed by atoms with Gasteiger partial charge in [0.15, 0.2) is 11.5 Å². The number of rotatable bonds is 10. The molecular formula is C24H24O4. The second-order valence-electron chi connectivity index (χ2n) is 6.18. The van der Waals surface area contributed by atoms with Crippen LogP contribution in [0.1, 0.15) is 16.7 Å². The normalized spacial score (nSPS) is 10.3. The zero-order chi connectivity index (χ0) is 19.6. The fourth-order valence-corrected chi connectivity index (χ4v) is 2.76. The summed E-state index contributed by atoms with van der Waals surface area (Å²) in [5.74, 6) is 1.61. The van der Waals surface area contributed by atoms with E-state index in [0.717, 1.165) is 11.1 Å². The third kappa shape index (κ3) is 5.15. The molecule has 0 saturated carbocycles. The molecule has 0 aliphatic rings. The first-order chi connectivity index (χ1) is 13.8. The van der Waals surface area contributed by atoms with Crippen LogP contribution in [-0.2, 0) is 19.8 Å². The molecule has 0 heterocycles. The molecule has 28 heavy (non-hydrogen) atoms. The Labute approximate surface area is 165 Å². The van der Waals surface area contributed by atoms with Gasteiger partial charge in [0.05, 0.1) is 12.2 Å². The van der Waals surface area contributed by atoms with Gasteiger partial charge in [-0.05, 0) is 23.3 Å². The number of hydrogen-bond donors (Lipinski definition) is 1. The van der Waals surface area contributed by atoms with Crippen molar-refractivity contribution in [3.63, 3.8) is 0 Å². The maximum atomic E-state index is 9.96. The molecule has 0 bridgehead atoms. The molecule has 3 aromatic rings. The average molecular weight is 376 g/mol. The van der Waals surface area contributed by atoms with E-state index >= 15 is 0 Å². The van der Waals surface area contributed by atoms with E-state index in [4.69, 9.17) is 14.2 Å². The van der Waals surface area contributed by atoms with E-state index in [2.05, 4.69) is 6.58 Å². The summed E-state index contributed by atoms with van der Waals surface area (Å²) in [4.78, 5) is 0. The Morgan fingerprint density at radius 3 is 1.86 bits per heavy atom. The van der Waals surface area contributed by atoms with Crippen LogP contribution in [0.3, 0.4) is 0 Å². The highest BCUT2D eigenvalue weighted by Crippen LogP contribution is 2.39. The molecule has 0 spiro atoms. The second kappa shape index (κ2) is 10.2. The van der Waals surface area contributed by atoms with Gasteiger partial charge in [0.25, 0.3) is 0 Å². The van der Waals surface area contributed by atoms with Crippen molar-refractivity contribution in [2.24, 2.45) is 0 Å². The highest BCUT2D eigenvalue weighted by atomic mass is 16.5. The molecule has 1 N–H and O–H groups in total. The largest absolute Gasteiger partial charge is 0.489 e. The van der Waals surface area contributed by atoms with Gasteiger partial charge in [0.2, 0.25) is 0 Å². The fourth-order valence-electron chi connectivity index (χ4n) is 2.76. The minimum Gasteiger partial charge on any atom is -0.489 e. The van der Waals surface area contributed by atoms with E-state index in [-0.39, 0.29) is 6.61 Å². The van der Waals surface area contributed by atoms with Gasteiger partial charge in [-0.1, -0.05) is 73.3 Å². The first-order valence-corrected chi connectivity index (χ1v) is 9.15. The molecule has 3 rings (SSSR count). The monoisotopic (exact) mass is 376 g/mol. The van der Waals surface area contributed by atoms with Crippen molar-refractivity contribution in [2.75, 3.05) is 6.61 Å². The molecule has 0 unspecified atom stereocenters. The highest BCUT2D eigenvalue weighted by molar-refractivity contribution is 5.54. The van der Waals surface area contributed by atoms with Crippen LogP contribution in [0.5, 0.6) is 17.2 Å². The van der Waals surface area contributed by atoms with Crippen molar-refractivity contribution >= 4 is 0 Å². The summed E-state index contributed by atoms with van der Waals surface area (Å²) in [6.45, 7) is 4.55. The van der Waals surface area contributed by atoms with Crippen molar-refractivity contribution in [3.8, 4) is 17.2 Å². The van der Waals surface area contributed by atoms with E-state index < -0.39 is 0 Å². The van der Waals surface area contributed by atoms with E-state index in [1.165, 1.54) is 0 Å². The minimum atomic E-state index is -0.223. The Morgan fingerprint density at radius 2 is 1.29 bits per heavy atom. The lowest BCUT2D eigenvalue weighted by atomic mass is 10.1. The van der Waals surface area contributed by atoms with Crippen molar-refractivity contribution in [3.05, 3.63) is 102 Å². The van der Waals surface area contributed by atoms with E-state index in [0.29, 0.717) is 42.6 Å². The maximum absolute atomic E-state index is 9.96. The Bertz CT molecular complexity index is 876. The summed E-state index contributed by atoms with van der Waals surface area (Å²) in [6.07, 6.45) is 1.66. The minimum absolute atomic E-state index is 0.223. The summed E-state index contributed by atoms with van der Waals surface area (Å²) >= 11 is 0. The summed E-state index contributed by atoms with van der Waals surface area (Å²) in [5.41, 5.74) is 2.63. The average Bonchev–Trinajstić information content (AvgIpc) is 2.76. The number of hydrogen-bond acceptors (Lipinski definition) is 4. The molecule has 4 nitrogen and oxygen atoms in total. The van der Waals surface area contributed by atoms with Crippen molar-refractivity contribution < 1.29 is 19.3 Å². The van der Waals surface area contributed by atoms with Crippen LogP contribution >= 0.6 is 0 Å². The van der Waals surface area contributed by atoms with Gasteiger partial charge in [-0.3, -0.25) is 0 Å². The third-order valence-electron chi connectivity index (χ3n) is 4.16. The first-order valence-electron chi connectivity index (χ1n) is 9.15. The van der Waals surface area contributed by atoms with Gasteiger partial charge in [-0.15, -0.1) is 0 Å². The molecule has 4 heteroatoms. The lowest BCUT2D eigenvalue weighted by Crippen LogP contribution is -2.06. The Hall–Kier alpha value is -3.24. The second-order valence-corrected chi connectivity index (χ2v) is 6.18. The molecular weight excluding hydrogens is 352 g/mol. The summed E-state index contributed by atoms with van der Waals surface area (Å²) in [6, 6.07) is 23.3. The Balaban J connectivity index is 1.86. The maximum Gasteiger partial charge on any atom is 0.170 e. The topological polar surface area (TPSA) is 47.9 Å². The van der Waals surface area contributed by atoms with Crippen LogP contribution < -0.4 is 14.2 Å². The lowest BCUT2D eigenvalue weighted by molar-refractivity contribution is 0.229. The van der Waals surface area contributed by atoms with Crippen molar-refractivity contribution in [2.45, 2.75) is 19.8 Å². The smallest absolute Gasteiger partial charge is 0.170 e. The van der Waals surface area contributed by atoms with Gasteiger partial charge < -0.3 is 19.3 Å². The molecule has 144 valence electrons.